The predicted octanol–water partition coefficient (Wildman–Crippen LogP) is 2.76. The molecule has 5 nitrogen and oxygen atoms in total. The molecular weight excluding hydrogens is 388 g/mol. The van der Waals surface area contributed by atoms with Crippen molar-refractivity contribution in [2.24, 2.45) is 0 Å². The lowest BCUT2D eigenvalue weighted by molar-refractivity contribution is 0.0688. The second-order valence-corrected chi connectivity index (χ2v) is 5.71. The third-order valence-corrected chi connectivity index (χ3v) is 3.80. The number of imidazole rings is 1. The molecule has 106 valence electrons. The van der Waals surface area contributed by atoms with Gasteiger partial charge in [-0.1, -0.05) is 6.07 Å². The smallest absolute Gasteiger partial charge is 0.356 e. The van der Waals surface area contributed by atoms with Crippen molar-refractivity contribution < 1.29 is 14.3 Å². The fraction of sp³-hybridized carbons (Fsp3) is 0.0714. The molecule has 0 bridgehead atoms. The summed E-state index contributed by atoms with van der Waals surface area (Å²) in [5.41, 5.74) is 1.39. The Balaban J connectivity index is 2.16. The first-order valence-electron chi connectivity index (χ1n) is 6.03. The van der Waals surface area contributed by atoms with Gasteiger partial charge in [0, 0.05) is 9.99 Å². The van der Waals surface area contributed by atoms with Gasteiger partial charge in [-0.25, -0.2) is 19.2 Å². The van der Waals surface area contributed by atoms with Crippen LogP contribution in [0.2, 0.25) is 0 Å². The topological polar surface area (TPSA) is 67.5 Å². The Morgan fingerprint density at radius 3 is 2.90 bits per heavy atom. The SMILES string of the molecule is O=C(O)c1ncc2cncn2c1Cc1ccc(I)cc1F. The minimum absolute atomic E-state index is 0.0987. The zero-order valence-corrected chi connectivity index (χ0v) is 12.8. The molecule has 0 unspecified atom stereocenters. The van der Waals surface area contributed by atoms with E-state index in [1.165, 1.54) is 18.6 Å². The maximum absolute atomic E-state index is 14.0. The molecular formula is C14H9FIN3O2. The molecule has 0 aliphatic rings. The Labute approximate surface area is 132 Å². The van der Waals surface area contributed by atoms with Crippen LogP contribution in [0.3, 0.4) is 0 Å². The Morgan fingerprint density at radius 2 is 2.19 bits per heavy atom. The number of hydrogen-bond acceptors (Lipinski definition) is 3. The first-order valence-corrected chi connectivity index (χ1v) is 7.11. The number of aromatic carboxylic acids is 1. The molecule has 1 aromatic carbocycles. The number of fused-ring (bicyclic) bond motifs is 1. The third-order valence-electron chi connectivity index (χ3n) is 3.13. The number of carboxylic acid groups (broad SMARTS) is 1. The quantitative estimate of drug-likeness (QED) is 0.691. The van der Waals surface area contributed by atoms with Gasteiger partial charge >= 0.3 is 5.97 Å². The first-order chi connectivity index (χ1) is 10.1. The van der Waals surface area contributed by atoms with Crippen LogP contribution in [0.1, 0.15) is 21.7 Å². The molecule has 0 spiro atoms. The van der Waals surface area contributed by atoms with Crippen molar-refractivity contribution in [3.63, 3.8) is 0 Å². The van der Waals surface area contributed by atoms with Crippen LogP contribution >= 0.6 is 22.6 Å². The van der Waals surface area contributed by atoms with Crippen molar-refractivity contribution in [2.45, 2.75) is 6.42 Å². The fourth-order valence-electron chi connectivity index (χ4n) is 2.14. The molecule has 0 fully saturated rings. The van der Waals surface area contributed by atoms with E-state index < -0.39 is 5.97 Å². The van der Waals surface area contributed by atoms with Crippen molar-refractivity contribution in [2.75, 3.05) is 0 Å². The van der Waals surface area contributed by atoms with Gasteiger partial charge in [0.2, 0.25) is 0 Å². The Kier molecular flexibility index (Phi) is 3.58. The summed E-state index contributed by atoms with van der Waals surface area (Å²) in [5.74, 6) is -1.51. The number of rotatable bonds is 3. The zero-order valence-electron chi connectivity index (χ0n) is 10.6. The molecule has 7 heteroatoms. The highest BCUT2D eigenvalue weighted by molar-refractivity contribution is 14.1. The lowest BCUT2D eigenvalue weighted by Gasteiger charge is -2.10. The van der Waals surface area contributed by atoms with E-state index in [0.717, 1.165) is 3.57 Å². The van der Waals surface area contributed by atoms with Gasteiger partial charge in [-0.05, 0) is 40.3 Å². The summed E-state index contributed by atoms with van der Waals surface area (Å²) in [6.45, 7) is 0. The normalized spacial score (nSPS) is 11.0. The van der Waals surface area contributed by atoms with E-state index in [1.807, 2.05) is 22.6 Å². The van der Waals surface area contributed by atoms with E-state index in [9.17, 15) is 14.3 Å². The molecule has 3 aromatic rings. The summed E-state index contributed by atoms with van der Waals surface area (Å²) < 4.78 is 16.4. The van der Waals surface area contributed by atoms with E-state index in [0.29, 0.717) is 16.8 Å². The Hall–Kier alpha value is -2.03. The highest BCUT2D eigenvalue weighted by atomic mass is 127. The maximum atomic E-state index is 14.0. The van der Waals surface area contributed by atoms with Crippen LogP contribution < -0.4 is 0 Å². The average Bonchev–Trinajstić information content (AvgIpc) is 2.90. The van der Waals surface area contributed by atoms with Crippen LogP contribution in [0.5, 0.6) is 0 Å². The maximum Gasteiger partial charge on any atom is 0.356 e. The summed E-state index contributed by atoms with van der Waals surface area (Å²) in [7, 11) is 0. The number of halogens is 2. The largest absolute Gasteiger partial charge is 0.476 e. The molecule has 0 radical (unpaired) electrons. The fourth-order valence-corrected chi connectivity index (χ4v) is 2.59. The van der Waals surface area contributed by atoms with E-state index in [4.69, 9.17) is 0 Å². The molecule has 1 N–H and O–H groups in total. The standard InChI is InChI=1S/C14H9FIN3O2/c15-11-4-9(16)2-1-8(11)3-12-13(14(20)21)18-6-10-5-17-7-19(10)12/h1-2,4-7H,3H2,(H,20,21). The molecule has 0 aliphatic carbocycles. The van der Waals surface area contributed by atoms with Crippen molar-refractivity contribution in [3.8, 4) is 0 Å². The third kappa shape index (κ3) is 2.60. The minimum atomic E-state index is -1.15. The molecule has 0 amide bonds. The minimum Gasteiger partial charge on any atom is -0.476 e. The Bertz CT molecular complexity index is 847. The lowest BCUT2D eigenvalue weighted by Crippen LogP contribution is -2.11. The van der Waals surface area contributed by atoms with Gasteiger partial charge in [-0.2, -0.15) is 0 Å². The number of benzene rings is 1. The molecule has 0 saturated heterocycles. The summed E-state index contributed by atoms with van der Waals surface area (Å²) >= 11 is 2.02. The molecule has 21 heavy (non-hydrogen) atoms. The molecule has 3 rings (SSSR count). The molecule has 2 heterocycles. The summed E-state index contributed by atoms with van der Waals surface area (Å²) in [6, 6.07) is 4.84. The van der Waals surface area contributed by atoms with Crippen LogP contribution in [-0.4, -0.2) is 25.4 Å². The summed E-state index contributed by atoms with van der Waals surface area (Å²) in [6.07, 6.45) is 4.64. The monoisotopic (exact) mass is 397 g/mol. The van der Waals surface area contributed by atoms with Crippen molar-refractivity contribution >= 4 is 34.1 Å². The van der Waals surface area contributed by atoms with Gasteiger partial charge in [0.1, 0.15) is 5.82 Å². The van der Waals surface area contributed by atoms with Crippen LogP contribution in [0.4, 0.5) is 4.39 Å². The average molecular weight is 397 g/mol. The van der Waals surface area contributed by atoms with E-state index in [-0.39, 0.29) is 17.9 Å². The van der Waals surface area contributed by atoms with Gasteiger partial charge in [0.05, 0.1) is 29.9 Å². The molecule has 0 atom stereocenters. The van der Waals surface area contributed by atoms with Crippen LogP contribution in [0, 0.1) is 9.39 Å². The first kappa shape index (κ1) is 13.9. The second kappa shape index (κ2) is 5.40. The van der Waals surface area contributed by atoms with Crippen LogP contribution in [0.25, 0.3) is 5.52 Å². The van der Waals surface area contributed by atoms with Gasteiger partial charge in [-0.15, -0.1) is 0 Å². The number of carbonyl (C=O) groups is 1. The summed E-state index contributed by atoms with van der Waals surface area (Å²) in [4.78, 5) is 19.2. The Morgan fingerprint density at radius 1 is 1.38 bits per heavy atom. The number of aromatic nitrogens is 3. The van der Waals surface area contributed by atoms with Crippen molar-refractivity contribution in [1.82, 2.24) is 14.4 Å². The van der Waals surface area contributed by atoms with E-state index >= 15 is 0 Å². The highest BCUT2D eigenvalue weighted by Gasteiger charge is 2.17. The van der Waals surface area contributed by atoms with Gasteiger partial charge < -0.3 is 5.11 Å². The van der Waals surface area contributed by atoms with Gasteiger partial charge in [0.15, 0.2) is 5.69 Å². The zero-order chi connectivity index (χ0) is 15.0. The second-order valence-electron chi connectivity index (χ2n) is 4.46. The molecule has 0 aliphatic heterocycles. The number of hydrogen-bond donors (Lipinski definition) is 1. The number of carboxylic acids is 1. The lowest BCUT2D eigenvalue weighted by atomic mass is 10.1. The summed E-state index contributed by atoms with van der Waals surface area (Å²) in [5, 5.41) is 9.26. The van der Waals surface area contributed by atoms with Crippen molar-refractivity contribution in [3.05, 3.63) is 63.3 Å². The van der Waals surface area contributed by atoms with Gasteiger partial charge in [-0.3, -0.25) is 4.40 Å². The highest BCUT2D eigenvalue weighted by Crippen LogP contribution is 2.19. The predicted molar refractivity (Wildman–Crippen MR) is 81.9 cm³/mol. The van der Waals surface area contributed by atoms with Crippen LogP contribution in [0.15, 0.2) is 36.9 Å². The number of nitrogens with zero attached hydrogens (tertiary/aromatic N) is 3. The van der Waals surface area contributed by atoms with Crippen molar-refractivity contribution in [1.29, 1.82) is 0 Å². The molecule has 2 aromatic heterocycles. The van der Waals surface area contributed by atoms with Crippen LogP contribution in [-0.2, 0) is 6.42 Å². The van der Waals surface area contributed by atoms with Gasteiger partial charge in [0.25, 0.3) is 0 Å². The van der Waals surface area contributed by atoms with E-state index in [2.05, 4.69) is 9.97 Å². The molecule has 0 saturated carbocycles. The van der Waals surface area contributed by atoms with E-state index in [1.54, 1.807) is 22.7 Å².